The zero-order valence-corrected chi connectivity index (χ0v) is 26.8. The van der Waals surface area contributed by atoms with Crippen LogP contribution in [0, 0.1) is 24.5 Å². The van der Waals surface area contributed by atoms with Gasteiger partial charge in [-0.3, -0.25) is 14.2 Å². The smallest absolute Gasteiger partial charge is 0.251 e. The second-order valence-electron chi connectivity index (χ2n) is 11.5. The molecule has 3 atom stereocenters. The van der Waals surface area contributed by atoms with E-state index in [0.717, 1.165) is 11.3 Å². The van der Waals surface area contributed by atoms with Crippen molar-refractivity contribution in [3.05, 3.63) is 88.8 Å². The minimum atomic E-state index is -0.913. The molecule has 11 nitrogen and oxygen atoms in total. The number of aromatic nitrogens is 2. The SMILES string of the molecule is C/C=C(\N)NCC(N)C(=O)NCC(C)CNC(=O)c1ccc(NC2c3ncc(-c4ccc(C)c(F)c4F)n3C=CN2C)cc1CC. The van der Waals surface area contributed by atoms with E-state index in [1.54, 1.807) is 42.0 Å². The first-order valence-corrected chi connectivity index (χ1v) is 15.2. The lowest BCUT2D eigenvalue weighted by atomic mass is 10.0. The van der Waals surface area contributed by atoms with Crippen molar-refractivity contribution in [2.24, 2.45) is 17.4 Å². The molecule has 2 heterocycles. The van der Waals surface area contributed by atoms with Gasteiger partial charge in [0.25, 0.3) is 5.91 Å². The van der Waals surface area contributed by atoms with E-state index >= 15 is 0 Å². The van der Waals surface area contributed by atoms with Crippen LogP contribution in [0.2, 0.25) is 0 Å². The Bertz CT molecular complexity index is 1640. The molecule has 1 aliphatic rings. The molecular formula is C33H43F2N9O2. The van der Waals surface area contributed by atoms with Crippen LogP contribution in [0.3, 0.4) is 0 Å². The first-order valence-electron chi connectivity index (χ1n) is 15.2. The third kappa shape index (κ3) is 7.65. The quantitative estimate of drug-likeness (QED) is 0.167. The van der Waals surface area contributed by atoms with Crippen molar-refractivity contribution in [3.63, 3.8) is 0 Å². The Kier molecular flexibility index (Phi) is 11.0. The number of aryl methyl sites for hydroxylation is 2. The van der Waals surface area contributed by atoms with Gasteiger partial charge in [-0.1, -0.05) is 19.9 Å². The molecule has 246 valence electrons. The first kappa shape index (κ1) is 34.0. The number of carbonyl (C=O) groups excluding carboxylic acids is 2. The molecular weight excluding hydrogens is 592 g/mol. The number of hydrogen-bond donors (Lipinski definition) is 6. The van der Waals surface area contributed by atoms with Crippen LogP contribution in [0.1, 0.15) is 54.2 Å². The van der Waals surface area contributed by atoms with Crippen molar-refractivity contribution in [2.75, 3.05) is 32.0 Å². The number of benzene rings is 2. The molecule has 0 spiro atoms. The summed E-state index contributed by atoms with van der Waals surface area (Å²) in [5, 5.41) is 12.1. The Balaban J connectivity index is 1.39. The van der Waals surface area contributed by atoms with Crippen molar-refractivity contribution in [3.8, 4) is 11.3 Å². The molecule has 0 saturated carbocycles. The summed E-state index contributed by atoms with van der Waals surface area (Å²) in [6, 6.07) is 7.86. The number of nitrogens with two attached hydrogens (primary N) is 2. The van der Waals surface area contributed by atoms with E-state index in [1.165, 1.54) is 13.1 Å². The van der Waals surface area contributed by atoms with Gasteiger partial charge in [0.05, 0.1) is 17.7 Å². The summed E-state index contributed by atoms with van der Waals surface area (Å²) in [6.07, 6.45) is 7.01. The number of nitrogens with zero attached hydrogens (tertiary/aromatic N) is 3. The van der Waals surface area contributed by atoms with Crippen LogP contribution in [-0.4, -0.2) is 59.0 Å². The minimum absolute atomic E-state index is 0.0342. The van der Waals surface area contributed by atoms with E-state index in [2.05, 4.69) is 26.3 Å². The zero-order valence-electron chi connectivity index (χ0n) is 26.8. The second kappa shape index (κ2) is 14.9. The molecule has 2 aromatic carbocycles. The topological polar surface area (TPSA) is 155 Å². The summed E-state index contributed by atoms with van der Waals surface area (Å²) in [4.78, 5) is 31.9. The highest BCUT2D eigenvalue weighted by molar-refractivity contribution is 5.96. The van der Waals surface area contributed by atoms with Gasteiger partial charge >= 0.3 is 0 Å². The molecule has 0 fully saturated rings. The third-order valence-corrected chi connectivity index (χ3v) is 7.92. The molecule has 0 bridgehead atoms. The first-order chi connectivity index (χ1) is 21.9. The summed E-state index contributed by atoms with van der Waals surface area (Å²) < 4.78 is 30.9. The maximum atomic E-state index is 14.8. The largest absolute Gasteiger partial charge is 0.386 e. The molecule has 0 aliphatic carbocycles. The minimum Gasteiger partial charge on any atom is -0.386 e. The van der Waals surface area contributed by atoms with Gasteiger partial charge in [-0.15, -0.1) is 0 Å². The molecule has 2 amide bonds. The molecule has 46 heavy (non-hydrogen) atoms. The van der Waals surface area contributed by atoms with E-state index in [1.807, 2.05) is 44.1 Å². The number of nitrogens with one attached hydrogen (secondary N) is 4. The van der Waals surface area contributed by atoms with E-state index in [0.29, 0.717) is 42.4 Å². The van der Waals surface area contributed by atoms with E-state index in [-0.39, 0.29) is 35.4 Å². The maximum Gasteiger partial charge on any atom is 0.251 e. The van der Waals surface area contributed by atoms with Gasteiger partial charge in [0.15, 0.2) is 23.6 Å². The Hall–Kier alpha value is -4.91. The van der Waals surface area contributed by atoms with E-state index in [4.69, 9.17) is 11.5 Å². The summed E-state index contributed by atoms with van der Waals surface area (Å²) in [7, 11) is 1.88. The maximum absolute atomic E-state index is 14.8. The number of carbonyl (C=O) groups is 2. The number of fused-ring (bicyclic) bond motifs is 1. The fourth-order valence-electron chi connectivity index (χ4n) is 5.00. The number of imidazole rings is 1. The van der Waals surface area contributed by atoms with Gasteiger partial charge in [-0.2, -0.15) is 0 Å². The van der Waals surface area contributed by atoms with Gasteiger partial charge < -0.3 is 37.6 Å². The highest BCUT2D eigenvalue weighted by Crippen LogP contribution is 2.33. The molecule has 8 N–H and O–H groups in total. The van der Waals surface area contributed by atoms with Crippen LogP contribution in [0.5, 0.6) is 0 Å². The molecule has 4 rings (SSSR count). The van der Waals surface area contributed by atoms with Crippen LogP contribution in [0.15, 0.2) is 54.6 Å². The Labute approximate surface area is 268 Å². The zero-order chi connectivity index (χ0) is 33.5. The highest BCUT2D eigenvalue weighted by atomic mass is 19.2. The van der Waals surface area contributed by atoms with Crippen LogP contribution >= 0.6 is 0 Å². The molecule has 1 aliphatic heterocycles. The summed E-state index contributed by atoms with van der Waals surface area (Å²) in [5.74, 6) is -1.30. The Morgan fingerprint density at radius 1 is 1.07 bits per heavy atom. The number of anilines is 1. The number of allylic oxidation sites excluding steroid dienone is 1. The summed E-state index contributed by atoms with van der Waals surface area (Å²) in [6.45, 7) is 8.11. The molecule has 3 unspecified atom stereocenters. The molecule has 1 aromatic heterocycles. The fraction of sp³-hybridized carbons (Fsp3) is 0.364. The van der Waals surface area contributed by atoms with Crippen LogP contribution in [-0.2, 0) is 11.2 Å². The predicted molar refractivity (Wildman–Crippen MR) is 176 cm³/mol. The monoisotopic (exact) mass is 635 g/mol. The second-order valence-corrected chi connectivity index (χ2v) is 11.5. The van der Waals surface area contributed by atoms with Gasteiger partial charge in [-0.25, -0.2) is 13.8 Å². The van der Waals surface area contributed by atoms with Crippen LogP contribution in [0.25, 0.3) is 17.5 Å². The number of halogens is 2. The van der Waals surface area contributed by atoms with Gasteiger partial charge in [-0.05, 0) is 67.7 Å². The third-order valence-electron chi connectivity index (χ3n) is 7.92. The lowest BCUT2D eigenvalue weighted by Gasteiger charge is -2.32. The lowest BCUT2D eigenvalue weighted by molar-refractivity contribution is -0.122. The van der Waals surface area contributed by atoms with Crippen molar-refractivity contribution >= 4 is 23.7 Å². The van der Waals surface area contributed by atoms with Gasteiger partial charge in [0.1, 0.15) is 6.04 Å². The Morgan fingerprint density at radius 2 is 1.80 bits per heavy atom. The average Bonchev–Trinajstić information content (AvgIpc) is 3.48. The summed E-state index contributed by atoms with van der Waals surface area (Å²) >= 11 is 0. The van der Waals surface area contributed by atoms with E-state index in [9.17, 15) is 18.4 Å². The van der Waals surface area contributed by atoms with Crippen molar-refractivity contribution < 1.29 is 18.4 Å². The van der Waals surface area contributed by atoms with Crippen molar-refractivity contribution in [1.29, 1.82) is 0 Å². The Morgan fingerprint density at radius 3 is 2.52 bits per heavy atom. The van der Waals surface area contributed by atoms with Gasteiger partial charge in [0, 0.05) is 55.9 Å². The van der Waals surface area contributed by atoms with Crippen molar-refractivity contribution in [1.82, 2.24) is 30.4 Å². The van der Waals surface area contributed by atoms with Crippen LogP contribution in [0.4, 0.5) is 14.5 Å². The van der Waals surface area contributed by atoms with E-state index < -0.39 is 23.8 Å². The van der Waals surface area contributed by atoms with Crippen molar-refractivity contribution in [2.45, 2.75) is 46.3 Å². The van der Waals surface area contributed by atoms with Gasteiger partial charge in [0.2, 0.25) is 5.91 Å². The molecule has 0 saturated heterocycles. The normalized spacial score (nSPS) is 15.6. The van der Waals surface area contributed by atoms with Crippen LogP contribution < -0.4 is 32.7 Å². The lowest BCUT2D eigenvalue weighted by Crippen LogP contribution is -2.48. The number of hydrogen-bond acceptors (Lipinski definition) is 8. The molecule has 0 radical (unpaired) electrons. The number of amides is 2. The standard InChI is InChI=1S/C33H43F2N9O2/c1-6-21-14-22(9-11-23(21)32(45)40-15-19(3)16-41-33(46)25(36)17-38-27(37)7-2)42-31-30-39-18-26(44(30)13-12-43(31)5)24-10-8-20(4)28(34)29(24)35/h7-14,18-19,25,31,38,42H,6,15-17,36-37H2,1-5H3,(H,40,45)(H,41,46)/b27-7+. The number of rotatable bonds is 13. The predicted octanol–water partition coefficient (Wildman–Crippen LogP) is 3.40. The molecule has 3 aromatic rings. The average molecular weight is 636 g/mol. The summed E-state index contributed by atoms with van der Waals surface area (Å²) in [5.41, 5.74) is 14.5. The fourth-order valence-corrected chi connectivity index (χ4v) is 5.00. The highest BCUT2D eigenvalue weighted by Gasteiger charge is 2.27. The molecule has 13 heteroatoms.